The molecular formula is C16H29N. The van der Waals surface area contributed by atoms with Crippen LogP contribution >= 0.6 is 0 Å². The molecule has 1 heterocycles. The Kier molecular flexibility index (Phi) is 4.05. The van der Waals surface area contributed by atoms with Crippen LogP contribution in [0, 0.1) is 11.8 Å². The Bertz CT molecular complexity index is 214. The fourth-order valence-corrected chi connectivity index (χ4v) is 4.63. The van der Waals surface area contributed by atoms with Crippen molar-refractivity contribution in [3.8, 4) is 0 Å². The molecule has 1 nitrogen and oxygen atoms in total. The molecule has 4 atom stereocenters. The summed E-state index contributed by atoms with van der Waals surface area (Å²) in [4.78, 5) is 0. The van der Waals surface area contributed by atoms with E-state index in [0.29, 0.717) is 0 Å². The van der Waals surface area contributed by atoms with Gasteiger partial charge in [0.05, 0.1) is 0 Å². The molecule has 0 aromatic rings. The van der Waals surface area contributed by atoms with Crippen LogP contribution in [-0.2, 0) is 0 Å². The van der Waals surface area contributed by atoms with Gasteiger partial charge in [0.2, 0.25) is 0 Å². The number of hydrogen-bond acceptors (Lipinski definition) is 1. The highest BCUT2D eigenvalue weighted by atomic mass is 15.0. The molecule has 1 aliphatic heterocycles. The normalized spacial score (nSPS) is 43.8. The van der Waals surface area contributed by atoms with Crippen LogP contribution in [-0.4, -0.2) is 12.1 Å². The fourth-order valence-electron chi connectivity index (χ4n) is 4.63. The lowest BCUT2D eigenvalue weighted by atomic mass is 9.80. The molecule has 0 radical (unpaired) electrons. The smallest absolute Gasteiger partial charge is 0.00980 e. The van der Waals surface area contributed by atoms with E-state index in [1.165, 1.54) is 77.0 Å². The van der Waals surface area contributed by atoms with Crippen molar-refractivity contribution in [3.63, 3.8) is 0 Å². The van der Waals surface area contributed by atoms with E-state index < -0.39 is 0 Å². The van der Waals surface area contributed by atoms with Gasteiger partial charge in [-0.3, -0.25) is 0 Å². The molecule has 0 aromatic heterocycles. The van der Waals surface area contributed by atoms with E-state index in [4.69, 9.17) is 0 Å². The number of hydrogen-bond donors (Lipinski definition) is 1. The fraction of sp³-hybridized carbons (Fsp3) is 1.00. The Morgan fingerprint density at radius 3 is 1.24 bits per heavy atom. The van der Waals surface area contributed by atoms with Crippen molar-refractivity contribution in [1.82, 2.24) is 5.32 Å². The van der Waals surface area contributed by atoms with Crippen LogP contribution < -0.4 is 5.32 Å². The lowest BCUT2D eigenvalue weighted by Gasteiger charge is -2.38. The predicted octanol–water partition coefficient (Wildman–Crippen LogP) is 4.27. The average molecular weight is 235 g/mol. The highest BCUT2D eigenvalue weighted by Gasteiger charge is 2.32. The SMILES string of the molecule is C1CCC2CCCCC2NC2CCCCC2C1. The van der Waals surface area contributed by atoms with Crippen molar-refractivity contribution in [2.45, 2.75) is 89.1 Å². The van der Waals surface area contributed by atoms with Gasteiger partial charge in [-0.15, -0.1) is 0 Å². The third-order valence-electron chi connectivity index (χ3n) is 5.65. The lowest BCUT2D eigenvalue weighted by Crippen LogP contribution is -2.48. The second kappa shape index (κ2) is 5.73. The van der Waals surface area contributed by atoms with Gasteiger partial charge in [0.15, 0.2) is 0 Å². The van der Waals surface area contributed by atoms with Crippen LogP contribution in [0.15, 0.2) is 0 Å². The van der Waals surface area contributed by atoms with Crippen LogP contribution in [0.5, 0.6) is 0 Å². The Labute approximate surface area is 107 Å². The first-order valence-corrected chi connectivity index (χ1v) is 8.19. The maximum Gasteiger partial charge on any atom is 0.00980 e. The third kappa shape index (κ3) is 2.86. The summed E-state index contributed by atoms with van der Waals surface area (Å²) < 4.78 is 0. The molecule has 2 aliphatic carbocycles. The van der Waals surface area contributed by atoms with Crippen molar-refractivity contribution in [2.75, 3.05) is 0 Å². The molecule has 3 fully saturated rings. The summed E-state index contributed by atoms with van der Waals surface area (Å²) in [5.74, 6) is 2.04. The topological polar surface area (TPSA) is 12.0 Å². The van der Waals surface area contributed by atoms with E-state index in [2.05, 4.69) is 5.32 Å². The molecule has 1 N–H and O–H groups in total. The van der Waals surface area contributed by atoms with Crippen molar-refractivity contribution in [1.29, 1.82) is 0 Å². The molecular weight excluding hydrogens is 206 g/mol. The number of rotatable bonds is 0. The van der Waals surface area contributed by atoms with E-state index in [1.807, 2.05) is 0 Å². The number of nitrogens with one attached hydrogen (secondary N) is 1. The predicted molar refractivity (Wildman–Crippen MR) is 73.1 cm³/mol. The second-order valence-electron chi connectivity index (χ2n) is 6.75. The van der Waals surface area contributed by atoms with E-state index >= 15 is 0 Å². The van der Waals surface area contributed by atoms with E-state index in [9.17, 15) is 0 Å². The van der Waals surface area contributed by atoms with Crippen LogP contribution in [0.25, 0.3) is 0 Å². The third-order valence-corrected chi connectivity index (χ3v) is 5.65. The molecule has 4 unspecified atom stereocenters. The summed E-state index contributed by atoms with van der Waals surface area (Å²) in [6.07, 6.45) is 17.9. The molecule has 1 saturated heterocycles. The maximum absolute atomic E-state index is 4.10. The minimum Gasteiger partial charge on any atom is -0.311 e. The molecule has 3 rings (SSSR count). The van der Waals surface area contributed by atoms with Gasteiger partial charge >= 0.3 is 0 Å². The van der Waals surface area contributed by atoms with Crippen LogP contribution in [0.3, 0.4) is 0 Å². The maximum atomic E-state index is 4.10. The van der Waals surface area contributed by atoms with Crippen molar-refractivity contribution in [3.05, 3.63) is 0 Å². The second-order valence-corrected chi connectivity index (χ2v) is 6.75. The summed E-state index contributed by atoms with van der Waals surface area (Å²) in [7, 11) is 0. The molecule has 0 spiro atoms. The number of fused-ring (bicyclic) bond motifs is 2. The van der Waals surface area contributed by atoms with Crippen LogP contribution in [0.2, 0.25) is 0 Å². The van der Waals surface area contributed by atoms with Gasteiger partial charge < -0.3 is 5.32 Å². The lowest BCUT2D eigenvalue weighted by molar-refractivity contribution is 0.186. The van der Waals surface area contributed by atoms with Crippen molar-refractivity contribution >= 4 is 0 Å². The van der Waals surface area contributed by atoms with Crippen molar-refractivity contribution < 1.29 is 0 Å². The molecule has 3 aliphatic rings. The van der Waals surface area contributed by atoms with Crippen LogP contribution in [0.4, 0.5) is 0 Å². The summed E-state index contributed by atoms with van der Waals surface area (Å²) >= 11 is 0. The minimum atomic E-state index is 0.882. The Morgan fingerprint density at radius 1 is 0.471 bits per heavy atom. The molecule has 0 bridgehead atoms. The first kappa shape index (κ1) is 12.0. The zero-order valence-electron chi connectivity index (χ0n) is 11.3. The van der Waals surface area contributed by atoms with E-state index in [-0.39, 0.29) is 0 Å². The monoisotopic (exact) mass is 235 g/mol. The first-order valence-electron chi connectivity index (χ1n) is 8.19. The largest absolute Gasteiger partial charge is 0.311 e. The van der Waals surface area contributed by atoms with E-state index in [1.54, 1.807) is 0 Å². The van der Waals surface area contributed by atoms with Gasteiger partial charge in [-0.2, -0.15) is 0 Å². The van der Waals surface area contributed by atoms with Gasteiger partial charge in [0.25, 0.3) is 0 Å². The molecule has 0 amide bonds. The summed E-state index contributed by atoms with van der Waals surface area (Å²) in [5.41, 5.74) is 0. The van der Waals surface area contributed by atoms with Crippen molar-refractivity contribution in [2.24, 2.45) is 11.8 Å². The van der Waals surface area contributed by atoms with Gasteiger partial charge in [-0.25, -0.2) is 0 Å². The van der Waals surface area contributed by atoms with Gasteiger partial charge in [0, 0.05) is 12.1 Å². The molecule has 2 saturated carbocycles. The molecule has 98 valence electrons. The van der Waals surface area contributed by atoms with Gasteiger partial charge in [0.1, 0.15) is 0 Å². The van der Waals surface area contributed by atoms with Gasteiger partial charge in [-0.1, -0.05) is 38.5 Å². The summed E-state index contributed by atoms with van der Waals surface area (Å²) in [6, 6.07) is 1.76. The quantitative estimate of drug-likeness (QED) is 0.661. The summed E-state index contributed by atoms with van der Waals surface area (Å²) in [5, 5.41) is 4.10. The Morgan fingerprint density at radius 2 is 0.824 bits per heavy atom. The molecule has 0 aromatic carbocycles. The summed E-state index contributed by atoms with van der Waals surface area (Å²) in [6.45, 7) is 0. The zero-order chi connectivity index (χ0) is 11.5. The van der Waals surface area contributed by atoms with Crippen LogP contribution in [0.1, 0.15) is 77.0 Å². The minimum absolute atomic E-state index is 0.882. The zero-order valence-corrected chi connectivity index (χ0v) is 11.3. The molecule has 17 heavy (non-hydrogen) atoms. The Hall–Kier alpha value is -0.0400. The van der Waals surface area contributed by atoms with Gasteiger partial charge in [-0.05, 0) is 50.4 Å². The highest BCUT2D eigenvalue weighted by molar-refractivity contribution is 4.89. The first-order chi connectivity index (χ1) is 8.43. The average Bonchev–Trinajstić information content (AvgIpc) is 2.46. The standard InChI is InChI=1S/C16H29N/c1-2-8-14-10-4-6-12-16(14)17-15-11-5-3-9-13(15)7-1/h13-17H,1-12H2. The van der Waals surface area contributed by atoms with E-state index in [0.717, 1.165) is 23.9 Å². The molecule has 1 heteroatoms. The Balaban J connectivity index is 1.68. The highest BCUT2D eigenvalue weighted by Crippen LogP contribution is 2.35.